The van der Waals surface area contributed by atoms with Gasteiger partial charge in [-0.1, -0.05) is 38.8 Å². The molecule has 0 aliphatic heterocycles. The summed E-state index contributed by atoms with van der Waals surface area (Å²) in [5.41, 5.74) is 1.06. The first-order valence-electron chi connectivity index (χ1n) is 7.92. The van der Waals surface area contributed by atoms with Crippen molar-refractivity contribution in [1.29, 1.82) is 0 Å². The molecule has 22 heavy (non-hydrogen) atoms. The second-order valence-corrected chi connectivity index (χ2v) is 5.15. The fraction of sp³-hybridized carbons (Fsp3) is 0.562. The van der Waals surface area contributed by atoms with Crippen LogP contribution in [0.25, 0.3) is 0 Å². The Balaban J connectivity index is 2.58. The third kappa shape index (κ3) is 7.06. The molecule has 2 N–H and O–H groups in total. The lowest BCUT2D eigenvalue weighted by Crippen LogP contribution is -2.38. The highest BCUT2D eigenvalue weighted by atomic mass is 16.6. The van der Waals surface area contributed by atoms with Crippen LogP contribution in [0.1, 0.15) is 45.1 Å². The van der Waals surface area contributed by atoms with Crippen LogP contribution in [-0.4, -0.2) is 24.0 Å². The van der Waals surface area contributed by atoms with E-state index in [1.54, 1.807) is 12.1 Å². The maximum absolute atomic E-state index is 10.6. The van der Waals surface area contributed by atoms with Gasteiger partial charge in [0.2, 0.25) is 0 Å². The first-order valence-corrected chi connectivity index (χ1v) is 7.92. The Hall–Kier alpha value is -2.11. The van der Waals surface area contributed by atoms with Gasteiger partial charge in [-0.2, -0.15) is 0 Å². The van der Waals surface area contributed by atoms with Gasteiger partial charge in [-0.05, 0) is 18.4 Å². The lowest BCUT2D eigenvalue weighted by Gasteiger charge is -2.12. The van der Waals surface area contributed by atoms with Crippen molar-refractivity contribution in [2.24, 2.45) is 4.99 Å². The van der Waals surface area contributed by atoms with Gasteiger partial charge in [-0.3, -0.25) is 10.1 Å². The lowest BCUT2D eigenvalue weighted by atomic mass is 10.2. The fourth-order valence-corrected chi connectivity index (χ4v) is 1.83. The molecule has 0 spiro atoms. The average Bonchev–Trinajstić information content (AvgIpc) is 2.53. The third-order valence-corrected chi connectivity index (χ3v) is 3.21. The van der Waals surface area contributed by atoms with Crippen molar-refractivity contribution in [3.8, 4) is 0 Å². The molecule has 6 nitrogen and oxygen atoms in total. The summed E-state index contributed by atoms with van der Waals surface area (Å²) in [7, 11) is 0. The van der Waals surface area contributed by atoms with Crippen LogP contribution < -0.4 is 10.6 Å². The first kappa shape index (κ1) is 17.9. The van der Waals surface area contributed by atoms with E-state index in [-0.39, 0.29) is 5.69 Å². The molecule has 0 aromatic heterocycles. The minimum atomic E-state index is -0.392. The Morgan fingerprint density at radius 1 is 1.09 bits per heavy atom. The van der Waals surface area contributed by atoms with Crippen LogP contribution in [0.15, 0.2) is 29.3 Å². The van der Waals surface area contributed by atoms with E-state index >= 15 is 0 Å². The molecule has 1 rings (SSSR count). The predicted molar refractivity (Wildman–Crippen MR) is 90.1 cm³/mol. The number of hydrogen-bond acceptors (Lipinski definition) is 3. The number of guanidine groups is 1. The van der Waals surface area contributed by atoms with E-state index < -0.39 is 4.92 Å². The molecular formula is C16H26N4O2. The minimum absolute atomic E-state index is 0.107. The third-order valence-electron chi connectivity index (χ3n) is 3.21. The Morgan fingerprint density at radius 2 is 1.64 bits per heavy atom. The number of unbranched alkanes of at least 4 members (excludes halogenated alkanes) is 2. The summed E-state index contributed by atoms with van der Waals surface area (Å²) >= 11 is 0. The molecule has 0 fully saturated rings. The maximum Gasteiger partial charge on any atom is 0.269 e. The van der Waals surface area contributed by atoms with Crippen LogP contribution in [0.4, 0.5) is 5.69 Å². The van der Waals surface area contributed by atoms with Gasteiger partial charge >= 0.3 is 0 Å². The van der Waals surface area contributed by atoms with Gasteiger partial charge in [0, 0.05) is 25.2 Å². The number of nitro benzene ring substituents is 1. The molecule has 1 aromatic rings. The van der Waals surface area contributed by atoms with E-state index in [0.717, 1.165) is 50.3 Å². The number of nitrogens with zero attached hydrogens (tertiary/aromatic N) is 2. The number of rotatable bonds is 9. The molecule has 0 aliphatic carbocycles. The topological polar surface area (TPSA) is 79.6 Å². The summed E-state index contributed by atoms with van der Waals surface area (Å²) in [5, 5.41) is 17.2. The van der Waals surface area contributed by atoms with Gasteiger partial charge < -0.3 is 10.6 Å². The monoisotopic (exact) mass is 306 g/mol. The summed E-state index contributed by atoms with van der Waals surface area (Å²) in [6.45, 7) is 6.61. The summed E-state index contributed by atoms with van der Waals surface area (Å²) in [6, 6.07) is 6.52. The highest BCUT2D eigenvalue weighted by Crippen LogP contribution is 2.12. The van der Waals surface area contributed by atoms with Crippen LogP contribution in [-0.2, 0) is 6.54 Å². The van der Waals surface area contributed by atoms with E-state index in [4.69, 9.17) is 0 Å². The van der Waals surface area contributed by atoms with E-state index in [1.807, 2.05) is 0 Å². The van der Waals surface area contributed by atoms with Gasteiger partial charge in [0.1, 0.15) is 0 Å². The largest absolute Gasteiger partial charge is 0.356 e. The smallest absolute Gasteiger partial charge is 0.269 e. The zero-order valence-electron chi connectivity index (χ0n) is 13.5. The molecular weight excluding hydrogens is 280 g/mol. The zero-order valence-corrected chi connectivity index (χ0v) is 13.5. The van der Waals surface area contributed by atoms with Crippen molar-refractivity contribution in [2.45, 2.75) is 46.1 Å². The van der Waals surface area contributed by atoms with Gasteiger partial charge in [-0.25, -0.2) is 4.99 Å². The number of hydrogen-bond donors (Lipinski definition) is 2. The number of benzene rings is 1. The van der Waals surface area contributed by atoms with E-state index in [0.29, 0.717) is 6.54 Å². The summed E-state index contributed by atoms with van der Waals surface area (Å²) < 4.78 is 0. The normalized spacial score (nSPS) is 10.1. The Kier molecular flexibility index (Phi) is 8.64. The highest BCUT2D eigenvalue weighted by Gasteiger charge is 2.04. The summed E-state index contributed by atoms with van der Waals surface area (Å²) in [5.74, 6) is 0.806. The molecule has 0 bridgehead atoms. The van der Waals surface area contributed by atoms with E-state index in [2.05, 4.69) is 29.5 Å². The Bertz CT molecular complexity index is 460. The second-order valence-electron chi connectivity index (χ2n) is 5.15. The molecule has 1 aromatic carbocycles. The number of aliphatic imine (C=N–C) groups is 1. The molecule has 0 amide bonds. The summed E-state index contributed by atoms with van der Waals surface area (Å²) in [4.78, 5) is 14.8. The maximum atomic E-state index is 10.6. The zero-order chi connectivity index (χ0) is 16.2. The van der Waals surface area contributed by atoms with E-state index in [9.17, 15) is 10.1 Å². The van der Waals surface area contributed by atoms with Gasteiger partial charge in [0.15, 0.2) is 5.96 Å². The molecule has 0 aliphatic rings. The number of nitrogens with one attached hydrogen (secondary N) is 2. The summed E-state index contributed by atoms with van der Waals surface area (Å²) in [6.07, 6.45) is 4.48. The van der Waals surface area contributed by atoms with Crippen molar-refractivity contribution >= 4 is 11.6 Å². The SMILES string of the molecule is CCCCNC(=NCc1ccc([N+](=O)[O-])cc1)NCCCC. The van der Waals surface area contributed by atoms with Crippen molar-refractivity contribution in [3.63, 3.8) is 0 Å². The van der Waals surface area contributed by atoms with Gasteiger partial charge in [-0.15, -0.1) is 0 Å². The molecule has 0 saturated carbocycles. The van der Waals surface area contributed by atoms with Crippen LogP contribution >= 0.6 is 0 Å². The van der Waals surface area contributed by atoms with Gasteiger partial charge in [0.05, 0.1) is 11.5 Å². The fourth-order valence-electron chi connectivity index (χ4n) is 1.83. The standard InChI is InChI=1S/C16H26N4O2/c1-3-5-11-17-16(18-12-6-4-2)19-13-14-7-9-15(10-8-14)20(21)22/h7-10H,3-6,11-13H2,1-2H3,(H2,17,18,19). The Morgan fingerprint density at radius 3 is 2.09 bits per heavy atom. The highest BCUT2D eigenvalue weighted by molar-refractivity contribution is 5.79. The molecule has 0 radical (unpaired) electrons. The van der Waals surface area contributed by atoms with Crippen LogP contribution in [0, 0.1) is 10.1 Å². The Labute approximate surface area is 132 Å². The van der Waals surface area contributed by atoms with Crippen LogP contribution in [0.2, 0.25) is 0 Å². The van der Waals surface area contributed by atoms with Crippen molar-refractivity contribution in [3.05, 3.63) is 39.9 Å². The average molecular weight is 306 g/mol. The molecule has 0 unspecified atom stereocenters. The molecule has 6 heteroatoms. The van der Waals surface area contributed by atoms with Crippen molar-refractivity contribution in [2.75, 3.05) is 13.1 Å². The van der Waals surface area contributed by atoms with Gasteiger partial charge in [0.25, 0.3) is 5.69 Å². The van der Waals surface area contributed by atoms with E-state index in [1.165, 1.54) is 12.1 Å². The molecule has 0 atom stereocenters. The molecule has 0 saturated heterocycles. The van der Waals surface area contributed by atoms with Crippen LogP contribution in [0.5, 0.6) is 0 Å². The molecule has 0 heterocycles. The van der Waals surface area contributed by atoms with Crippen molar-refractivity contribution in [1.82, 2.24) is 10.6 Å². The predicted octanol–water partition coefficient (Wildman–Crippen LogP) is 3.23. The number of non-ortho nitro benzene ring substituents is 1. The first-order chi connectivity index (χ1) is 10.7. The lowest BCUT2D eigenvalue weighted by molar-refractivity contribution is -0.384. The number of nitro groups is 1. The van der Waals surface area contributed by atoms with Crippen molar-refractivity contribution < 1.29 is 4.92 Å². The quantitative estimate of drug-likeness (QED) is 0.241. The van der Waals surface area contributed by atoms with Crippen LogP contribution in [0.3, 0.4) is 0 Å². The second kappa shape index (κ2) is 10.6. The molecule has 122 valence electrons. The minimum Gasteiger partial charge on any atom is -0.356 e.